The van der Waals surface area contributed by atoms with Gasteiger partial charge in [-0.25, -0.2) is 9.78 Å². The van der Waals surface area contributed by atoms with Gasteiger partial charge in [-0.2, -0.15) is 5.26 Å². The third-order valence-electron chi connectivity index (χ3n) is 5.71. The number of nitrogen functional groups attached to an aromatic ring is 1. The van der Waals surface area contributed by atoms with E-state index < -0.39 is 0 Å². The summed E-state index contributed by atoms with van der Waals surface area (Å²) in [6.45, 7) is 0. The third kappa shape index (κ3) is 4.95. The first-order chi connectivity index (χ1) is 14.2. The van der Waals surface area contributed by atoms with Crippen LogP contribution < -0.4 is 5.73 Å². The molecular formula is C24H29N3O2. The molecule has 0 amide bonds. The quantitative estimate of drug-likeness (QED) is 0.710. The van der Waals surface area contributed by atoms with Gasteiger partial charge in [0, 0.05) is 11.3 Å². The van der Waals surface area contributed by atoms with Gasteiger partial charge in [-0.1, -0.05) is 50.7 Å². The molecule has 1 heterocycles. The maximum atomic E-state index is 11.8. The molecule has 29 heavy (non-hydrogen) atoms. The van der Waals surface area contributed by atoms with E-state index >= 15 is 0 Å². The Morgan fingerprint density at radius 3 is 2.17 bits per heavy atom. The molecule has 0 unspecified atom stereocenters. The number of hydrogen-bond donors (Lipinski definition) is 1. The zero-order chi connectivity index (χ0) is 20.6. The molecule has 1 aromatic heterocycles. The molecule has 0 spiro atoms. The molecule has 0 fully saturated rings. The molecule has 0 radical (unpaired) electrons. The SMILES string of the molecule is COC(=O)c1ccc(-c2c(C#N)c(N)nc3c2CCCCCCCCCC3)cc1. The van der Waals surface area contributed by atoms with Crippen molar-refractivity contribution in [1.82, 2.24) is 4.98 Å². The van der Waals surface area contributed by atoms with Crippen molar-refractivity contribution in [2.75, 3.05) is 12.8 Å². The number of benzene rings is 1. The number of rotatable bonds is 2. The second kappa shape index (κ2) is 10.1. The van der Waals surface area contributed by atoms with Crippen molar-refractivity contribution in [3.05, 3.63) is 46.6 Å². The molecule has 1 aliphatic carbocycles. The van der Waals surface area contributed by atoms with Gasteiger partial charge in [0.05, 0.1) is 12.7 Å². The molecule has 1 aromatic carbocycles. The van der Waals surface area contributed by atoms with Crippen molar-refractivity contribution >= 4 is 11.8 Å². The van der Waals surface area contributed by atoms with E-state index in [1.165, 1.54) is 45.6 Å². The lowest BCUT2D eigenvalue weighted by Crippen LogP contribution is -2.09. The number of carbonyl (C=O) groups excluding carboxylic acids is 1. The Morgan fingerprint density at radius 1 is 1.00 bits per heavy atom. The summed E-state index contributed by atoms with van der Waals surface area (Å²) in [5.74, 6) is -0.0768. The van der Waals surface area contributed by atoms with Crippen LogP contribution in [0.25, 0.3) is 11.1 Å². The van der Waals surface area contributed by atoms with Crippen LogP contribution in [0.5, 0.6) is 0 Å². The number of anilines is 1. The minimum absolute atomic E-state index is 0.297. The maximum Gasteiger partial charge on any atom is 0.337 e. The van der Waals surface area contributed by atoms with Gasteiger partial charge in [0.2, 0.25) is 0 Å². The second-order valence-electron chi connectivity index (χ2n) is 7.68. The van der Waals surface area contributed by atoms with Gasteiger partial charge in [-0.15, -0.1) is 0 Å². The molecule has 5 heteroatoms. The number of nitrogens with zero attached hydrogens (tertiary/aromatic N) is 2. The van der Waals surface area contributed by atoms with Gasteiger partial charge < -0.3 is 10.5 Å². The third-order valence-corrected chi connectivity index (χ3v) is 5.71. The van der Waals surface area contributed by atoms with E-state index in [-0.39, 0.29) is 5.97 Å². The standard InChI is InChI=1S/C24H29N3O2/c1-29-24(28)18-14-12-17(13-15-18)22-19-10-8-6-4-2-3-5-7-9-11-21(19)27-23(26)20(22)16-25/h12-15H,2-11H2,1H3,(H2,26,27). The fourth-order valence-corrected chi connectivity index (χ4v) is 4.15. The van der Waals surface area contributed by atoms with Crippen molar-refractivity contribution < 1.29 is 9.53 Å². The van der Waals surface area contributed by atoms with Gasteiger partial charge >= 0.3 is 5.97 Å². The van der Waals surface area contributed by atoms with Gasteiger partial charge in [0.1, 0.15) is 17.5 Å². The first-order valence-electron chi connectivity index (χ1n) is 10.6. The monoisotopic (exact) mass is 391 g/mol. The Kier molecular flexibility index (Phi) is 7.24. The number of carbonyl (C=O) groups is 1. The van der Waals surface area contributed by atoms with Crippen LogP contribution in [0.3, 0.4) is 0 Å². The van der Waals surface area contributed by atoms with E-state index in [1.807, 2.05) is 12.1 Å². The van der Waals surface area contributed by atoms with Crippen LogP contribution >= 0.6 is 0 Å². The number of nitriles is 1. The first-order valence-corrected chi connectivity index (χ1v) is 10.6. The lowest BCUT2D eigenvalue weighted by molar-refractivity contribution is 0.0601. The van der Waals surface area contributed by atoms with E-state index in [2.05, 4.69) is 11.1 Å². The number of aryl methyl sites for hydroxylation is 1. The predicted octanol–water partition coefficient (Wildman–Crippen LogP) is 5.21. The highest BCUT2D eigenvalue weighted by atomic mass is 16.5. The molecule has 2 N–H and O–H groups in total. The highest BCUT2D eigenvalue weighted by molar-refractivity contribution is 5.90. The van der Waals surface area contributed by atoms with Crippen molar-refractivity contribution in [2.45, 2.75) is 64.2 Å². The van der Waals surface area contributed by atoms with Crippen LogP contribution in [0, 0.1) is 11.3 Å². The number of fused-ring (bicyclic) bond motifs is 1. The highest BCUT2D eigenvalue weighted by Crippen LogP contribution is 2.34. The molecule has 152 valence electrons. The summed E-state index contributed by atoms with van der Waals surface area (Å²) in [5.41, 5.74) is 11.1. The first kappa shape index (κ1) is 20.9. The molecular weight excluding hydrogens is 362 g/mol. The topological polar surface area (TPSA) is 89.0 Å². The summed E-state index contributed by atoms with van der Waals surface area (Å²) in [7, 11) is 1.37. The molecule has 3 rings (SSSR count). The molecule has 0 aliphatic heterocycles. The zero-order valence-corrected chi connectivity index (χ0v) is 17.2. The Morgan fingerprint density at radius 2 is 1.59 bits per heavy atom. The van der Waals surface area contributed by atoms with Crippen molar-refractivity contribution in [1.29, 1.82) is 5.26 Å². The fraction of sp³-hybridized carbons (Fsp3) is 0.458. The van der Waals surface area contributed by atoms with E-state index in [9.17, 15) is 10.1 Å². The number of aromatic nitrogens is 1. The number of nitrogens with two attached hydrogens (primary N) is 1. The highest BCUT2D eigenvalue weighted by Gasteiger charge is 2.20. The fourth-order valence-electron chi connectivity index (χ4n) is 4.15. The Hall–Kier alpha value is -2.87. The molecule has 0 atom stereocenters. The Balaban J connectivity index is 2.08. The normalized spacial score (nSPS) is 15.3. The number of ether oxygens (including phenoxy) is 1. The second-order valence-corrected chi connectivity index (χ2v) is 7.68. The summed E-state index contributed by atoms with van der Waals surface area (Å²) >= 11 is 0. The molecule has 1 aliphatic rings. The largest absolute Gasteiger partial charge is 0.465 e. The van der Waals surface area contributed by atoms with Crippen molar-refractivity contribution in [3.63, 3.8) is 0 Å². The van der Waals surface area contributed by atoms with Gasteiger partial charge in [-0.3, -0.25) is 0 Å². The number of methoxy groups -OCH3 is 1. The molecule has 0 saturated heterocycles. The minimum atomic E-state index is -0.373. The van der Waals surface area contributed by atoms with Crippen LogP contribution in [0.15, 0.2) is 24.3 Å². The van der Waals surface area contributed by atoms with Gasteiger partial charge in [-0.05, 0) is 48.9 Å². The van der Waals surface area contributed by atoms with Crippen LogP contribution in [0.1, 0.15) is 78.5 Å². The number of esters is 1. The summed E-state index contributed by atoms with van der Waals surface area (Å²) in [6.07, 6.45) is 11.5. The van der Waals surface area contributed by atoms with Crippen LogP contribution in [-0.4, -0.2) is 18.1 Å². The van der Waals surface area contributed by atoms with E-state index in [1.54, 1.807) is 12.1 Å². The Labute approximate surface area is 172 Å². The molecule has 5 nitrogen and oxygen atoms in total. The van der Waals surface area contributed by atoms with Crippen LogP contribution in [0.4, 0.5) is 5.82 Å². The summed E-state index contributed by atoms with van der Waals surface area (Å²) in [6, 6.07) is 9.49. The number of pyridine rings is 1. The summed E-state index contributed by atoms with van der Waals surface area (Å²) in [5, 5.41) is 9.81. The predicted molar refractivity (Wildman–Crippen MR) is 114 cm³/mol. The van der Waals surface area contributed by atoms with Crippen molar-refractivity contribution in [3.8, 4) is 17.2 Å². The van der Waals surface area contributed by atoms with Crippen molar-refractivity contribution in [2.24, 2.45) is 0 Å². The van der Waals surface area contributed by atoms with Gasteiger partial charge in [0.25, 0.3) is 0 Å². The summed E-state index contributed by atoms with van der Waals surface area (Å²) in [4.78, 5) is 16.4. The van der Waals surface area contributed by atoms with E-state index in [0.717, 1.165) is 48.1 Å². The smallest absolute Gasteiger partial charge is 0.337 e. The number of hydrogen-bond acceptors (Lipinski definition) is 5. The summed E-state index contributed by atoms with van der Waals surface area (Å²) < 4.78 is 4.79. The zero-order valence-electron chi connectivity index (χ0n) is 17.2. The maximum absolute atomic E-state index is 11.8. The Bertz CT molecular complexity index is 898. The molecule has 0 saturated carbocycles. The molecule has 0 bridgehead atoms. The van der Waals surface area contributed by atoms with Gasteiger partial charge in [0.15, 0.2) is 0 Å². The average Bonchev–Trinajstić information content (AvgIpc) is 2.73. The average molecular weight is 392 g/mol. The lowest BCUT2D eigenvalue weighted by atomic mass is 9.88. The van der Waals surface area contributed by atoms with Crippen LogP contribution in [0.2, 0.25) is 0 Å². The minimum Gasteiger partial charge on any atom is -0.465 e. The van der Waals surface area contributed by atoms with Crippen LogP contribution in [-0.2, 0) is 17.6 Å². The lowest BCUT2D eigenvalue weighted by Gasteiger charge is -2.18. The van der Waals surface area contributed by atoms with E-state index in [0.29, 0.717) is 16.9 Å². The van der Waals surface area contributed by atoms with E-state index in [4.69, 9.17) is 10.5 Å². The molecule has 2 aromatic rings.